The number of benzene rings is 2. The van der Waals surface area contributed by atoms with Gasteiger partial charge in [0.15, 0.2) is 0 Å². The van der Waals surface area contributed by atoms with Gasteiger partial charge in [-0.3, -0.25) is 15.5 Å². The van der Waals surface area contributed by atoms with Crippen molar-refractivity contribution in [2.75, 3.05) is 16.8 Å². The van der Waals surface area contributed by atoms with E-state index in [1.807, 2.05) is 0 Å². The number of halogens is 5. The summed E-state index contributed by atoms with van der Waals surface area (Å²) in [5.74, 6) is -0.479. The SMILES string of the molecule is CC1(OC(=O)Nc2ccc(Cl)c(C(F)(F)F)c2)CN(c2ccc(F)cc2)C(=O)N1. The number of hydrogen-bond donors (Lipinski definition) is 2. The highest BCUT2D eigenvalue weighted by Gasteiger charge is 2.43. The van der Waals surface area contributed by atoms with Crippen LogP contribution in [0.2, 0.25) is 5.02 Å². The molecule has 0 aliphatic carbocycles. The number of carbonyl (C=O) groups is 2. The molecule has 0 saturated carbocycles. The van der Waals surface area contributed by atoms with Gasteiger partial charge in [0.25, 0.3) is 0 Å². The van der Waals surface area contributed by atoms with Gasteiger partial charge in [0.2, 0.25) is 5.72 Å². The lowest BCUT2D eigenvalue weighted by Gasteiger charge is -2.24. The zero-order valence-electron chi connectivity index (χ0n) is 14.8. The van der Waals surface area contributed by atoms with Gasteiger partial charge in [-0.25, -0.2) is 14.0 Å². The Bertz CT molecular complexity index is 952. The third kappa shape index (κ3) is 4.70. The van der Waals surface area contributed by atoms with Crippen molar-refractivity contribution in [2.24, 2.45) is 0 Å². The molecule has 1 saturated heterocycles. The number of urea groups is 1. The summed E-state index contributed by atoms with van der Waals surface area (Å²) in [5.41, 5.74) is -2.38. The highest BCUT2D eigenvalue weighted by atomic mass is 35.5. The van der Waals surface area contributed by atoms with E-state index in [-0.39, 0.29) is 12.2 Å². The molecule has 3 rings (SSSR count). The minimum absolute atomic E-state index is 0.0979. The van der Waals surface area contributed by atoms with Gasteiger partial charge in [-0.05, 0) is 49.4 Å². The Labute approximate surface area is 167 Å². The molecule has 2 N–H and O–H groups in total. The normalized spacial score (nSPS) is 19.1. The molecule has 11 heteroatoms. The van der Waals surface area contributed by atoms with Gasteiger partial charge in [0.1, 0.15) is 5.82 Å². The summed E-state index contributed by atoms with van der Waals surface area (Å²) < 4.78 is 57.0. The lowest BCUT2D eigenvalue weighted by atomic mass is 10.2. The molecule has 29 heavy (non-hydrogen) atoms. The van der Waals surface area contributed by atoms with Crippen LogP contribution in [0.3, 0.4) is 0 Å². The minimum atomic E-state index is -4.69. The van der Waals surface area contributed by atoms with Crippen molar-refractivity contribution in [3.05, 3.63) is 58.9 Å². The van der Waals surface area contributed by atoms with E-state index in [0.29, 0.717) is 11.8 Å². The van der Waals surface area contributed by atoms with E-state index in [4.69, 9.17) is 16.3 Å². The summed E-state index contributed by atoms with van der Waals surface area (Å²) in [4.78, 5) is 25.6. The predicted octanol–water partition coefficient (Wildman–Crippen LogP) is 4.99. The first-order chi connectivity index (χ1) is 13.5. The molecule has 3 amide bonds. The summed E-state index contributed by atoms with van der Waals surface area (Å²) in [7, 11) is 0. The molecule has 2 aromatic carbocycles. The number of anilines is 2. The highest BCUT2D eigenvalue weighted by Crippen LogP contribution is 2.36. The molecule has 1 aliphatic rings. The molecular formula is C18H14ClF4N3O3. The predicted molar refractivity (Wildman–Crippen MR) is 97.2 cm³/mol. The van der Waals surface area contributed by atoms with Crippen molar-refractivity contribution in [3.63, 3.8) is 0 Å². The molecular weight excluding hydrogens is 418 g/mol. The van der Waals surface area contributed by atoms with Crippen molar-refractivity contribution in [3.8, 4) is 0 Å². The summed E-state index contributed by atoms with van der Waals surface area (Å²) in [6.45, 7) is 1.32. The average molecular weight is 432 g/mol. The standard InChI is InChI=1S/C18H14ClF4N3O3/c1-17(9-26(15(27)25-17)12-5-2-10(20)3-6-12)29-16(28)24-11-4-7-14(19)13(8-11)18(21,22)23/h2-8H,9H2,1H3,(H,24,28)(H,25,27). The first-order valence-electron chi connectivity index (χ1n) is 8.19. The van der Waals surface area contributed by atoms with Crippen LogP contribution in [0, 0.1) is 5.82 Å². The van der Waals surface area contributed by atoms with Gasteiger partial charge in [0.05, 0.1) is 17.1 Å². The number of carbonyl (C=O) groups excluding carboxylic acids is 2. The molecule has 1 aliphatic heterocycles. The number of nitrogens with one attached hydrogen (secondary N) is 2. The number of hydrogen-bond acceptors (Lipinski definition) is 3. The Kier molecular flexibility index (Phi) is 5.31. The first kappa shape index (κ1) is 20.7. The molecule has 2 aromatic rings. The fourth-order valence-corrected chi connectivity index (χ4v) is 2.99. The Morgan fingerprint density at radius 2 is 1.90 bits per heavy atom. The van der Waals surface area contributed by atoms with Crippen LogP contribution < -0.4 is 15.5 Å². The summed E-state index contributed by atoms with van der Waals surface area (Å²) >= 11 is 5.54. The fraction of sp³-hybridized carbons (Fsp3) is 0.222. The van der Waals surface area contributed by atoms with Gasteiger partial charge in [-0.1, -0.05) is 11.6 Å². The molecule has 1 fully saturated rings. The minimum Gasteiger partial charge on any atom is -0.421 e. The maximum Gasteiger partial charge on any atom is 0.417 e. The van der Waals surface area contributed by atoms with Crippen molar-refractivity contribution in [1.82, 2.24) is 5.32 Å². The molecule has 0 radical (unpaired) electrons. The molecule has 1 unspecified atom stereocenters. The number of rotatable bonds is 3. The fourth-order valence-electron chi connectivity index (χ4n) is 2.76. The summed E-state index contributed by atoms with van der Waals surface area (Å²) in [5, 5.41) is 4.12. The molecule has 154 valence electrons. The van der Waals surface area contributed by atoms with Gasteiger partial charge in [-0.15, -0.1) is 0 Å². The van der Waals surface area contributed by atoms with Crippen LogP contribution in [0.15, 0.2) is 42.5 Å². The van der Waals surface area contributed by atoms with E-state index in [2.05, 4.69) is 10.6 Å². The molecule has 0 spiro atoms. The Morgan fingerprint density at radius 1 is 1.24 bits per heavy atom. The number of nitrogens with zero attached hydrogens (tertiary/aromatic N) is 1. The first-order valence-corrected chi connectivity index (χ1v) is 8.57. The van der Waals surface area contributed by atoms with E-state index in [1.54, 1.807) is 0 Å². The van der Waals surface area contributed by atoms with Crippen molar-refractivity contribution < 1.29 is 31.9 Å². The molecule has 6 nitrogen and oxygen atoms in total. The van der Waals surface area contributed by atoms with Gasteiger partial charge in [-0.2, -0.15) is 13.2 Å². The summed E-state index contributed by atoms with van der Waals surface area (Å²) in [6.07, 6.45) is -5.77. The van der Waals surface area contributed by atoms with E-state index in [1.165, 1.54) is 42.2 Å². The largest absolute Gasteiger partial charge is 0.421 e. The Balaban J connectivity index is 1.69. The van der Waals surface area contributed by atoms with Gasteiger partial charge in [0, 0.05) is 11.4 Å². The third-order valence-electron chi connectivity index (χ3n) is 4.05. The molecule has 1 atom stereocenters. The molecule has 1 heterocycles. The molecule has 0 aromatic heterocycles. The zero-order valence-corrected chi connectivity index (χ0v) is 15.6. The monoisotopic (exact) mass is 431 g/mol. The second kappa shape index (κ2) is 7.43. The Hall–Kier alpha value is -3.01. The zero-order chi connectivity index (χ0) is 21.4. The van der Waals surface area contributed by atoms with Crippen LogP contribution >= 0.6 is 11.6 Å². The maximum absolute atomic E-state index is 13.1. The van der Waals surface area contributed by atoms with E-state index in [9.17, 15) is 27.2 Å². The van der Waals surface area contributed by atoms with E-state index in [0.717, 1.165) is 6.07 Å². The lowest BCUT2D eigenvalue weighted by Crippen LogP contribution is -2.45. The topological polar surface area (TPSA) is 70.7 Å². The van der Waals surface area contributed by atoms with E-state index >= 15 is 0 Å². The number of alkyl halides is 3. The second-order valence-corrected chi connectivity index (χ2v) is 6.84. The van der Waals surface area contributed by atoms with Crippen LogP contribution in [0.25, 0.3) is 0 Å². The number of amides is 3. The van der Waals surface area contributed by atoms with Gasteiger partial charge < -0.3 is 4.74 Å². The van der Waals surface area contributed by atoms with Crippen molar-refractivity contribution in [2.45, 2.75) is 18.8 Å². The maximum atomic E-state index is 13.1. The smallest absolute Gasteiger partial charge is 0.417 e. The second-order valence-electron chi connectivity index (χ2n) is 6.43. The van der Waals surface area contributed by atoms with Crippen LogP contribution in [0.5, 0.6) is 0 Å². The average Bonchev–Trinajstić information content (AvgIpc) is 2.90. The highest BCUT2D eigenvalue weighted by molar-refractivity contribution is 6.31. The van der Waals surface area contributed by atoms with Crippen LogP contribution in [0.4, 0.5) is 38.5 Å². The Morgan fingerprint density at radius 3 is 2.52 bits per heavy atom. The molecule has 0 bridgehead atoms. The van der Waals surface area contributed by atoms with Crippen molar-refractivity contribution >= 4 is 35.1 Å². The third-order valence-corrected chi connectivity index (χ3v) is 4.38. The van der Waals surface area contributed by atoms with Crippen LogP contribution in [0.1, 0.15) is 12.5 Å². The van der Waals surface area contributed by atoms with Crippen molar-refractivity contribution in [1.29, 1.82) is 0 Å². The number of ether oxygens (including phenoxy) is 1. The van der Waals surface area contributed by atoms with Crippen LogP contribution in [-0.2, 0) is 10.9 Å². The summed E-state index contributed by atoms with van der Waals surface area (Å²) in [6, 6.07) is 7.37. The van der Waals surface area contributed by atoms with E-state index < -0.39 is 40.4 Å². The quantitative estimate of drug-likeness (QED) is 0.672. The van der Waals surface area contributed by atoms with Gasteiger partial charge >= 0.3 is 18.3 Å². The lowest BCUT2D eigenvalue weighted by molar-refractivity contribution is -0.137. The van der Waals surface area contributed by atoms with Crippen LogP contribution in [-0.4, -0.2) is 24.4 Å².